The number of rotatable bonds is 4. The Hall–Kier alpha value is -1.78. The predicted molar refractivity (Wildman–Crippen MR) is 59.2 cm³/mol. The average molecular weight is 209 g/mol. The minimum Gasteiger partial charge on any atom is -0.478 e. The number of anilines is 2. The van der Waals surface area contributed by atoms with E-state index in [1.807, 2.05) is 18.9 Å². The van der Waals surface area contributed by atoms with E-state index in [9.17, 15) is 4.79 Å². The number of pyridine rings is 1. The minimum absolute atomic E-state index is 0.1000. The Bertz CT molecular complexity index is 366. The number of hydrogen-bond acceptors (Lipinski definition) is 4. The molecule has 0 aliphatic heterocycles. The van der Waals surface area contributed by atoms with E-state index in [4.69, 9.17) is 10.8 Å². The molecular weight excluding hydrogens is 194 g/mol. The molecule has 1 heterocycles. The van der Waals surface area contributed by atoms with E-state index < -0.39 is 5.97 Å². The quantitative estimate of drug-likeness (QED) is 0.779. The van der Waals surface area contributed by atoms with Gasteiger partial charge in [-0.05, 0) is 12.5 Å². The molecule has 0 aromatic carbocycles. The summed E-state index contributed by atoms with van der Waals surface area (Å²) in [6.45, 7) is 2.83. The number of carboxylic acids is 1. The highest BCUT2D eigenvalue weighted by molar-refractivity contribution is 5.96. The summed E-state index contributed by atoms with van der Waals surface area (Å²) in [5, 5.41) is 8.88. The number of aromatic nitrogens is 1. The molecule has 0 saturated heterocycles. The first-order valence-corrected chi connectivity index (χ1v) is 4.76. The van der Waals surface area contributed by atoms with E-state index in [1.165, 1.54) is 12.3 Å². The molecule has 3 N–H and O–H groups in total. The van der Waals surface area contributed by atoms with Crippen molar-refractivity contribution >= 4 is 17.5 Å². The largest absolute Gasteiger partial charge is 0.478 e. The maximum absolute atomic E-state index is 10.8. The highest BCUT2D eigenvalue weighted by Gasteiger charge is 2.14. The molecule has 5 heteroatoms. The summed E-state index contributed by atoms with van der Waals surface area (Å²) in [4.78, 5) is 16.8. The van der Waals surface area contributed by atoms with Crippen LogP contribution in [0.1, 0.15) is 23.7 Å². The monoisotopic (exact) mass is 209 g/mol. The zero-order chi connectivity index (χ0) is 11.4. The van der Waals surface area contributed by atoms with Gasteiger partial charge in [-0.15, -0.1) is 0 Å². The van der Waals surface area contributed by atoms with Crippen molar-refractivity contribution in [3.63, 3.8) is 0 Å². The van der Waals surface area contributed by atoms with Crippen LogP contribution in [0.2, 0.25) is 0 Å². The second kappa shape index (κ2) is 4.63. The summed E-state index contributed by atoms with van der Waals surface area (Å²) in [6, 6.07) is 1.40. The molecule has 15 heavy (non-hydrogen) atoms. The Morgan fingerprint density at radius 2 is 2.33 bits per heavy atom. The van der Waals surface area contributed by atoms with E-state index in [-0.39, 0.29) is 11.3 Å². The molecule has 1 aromatic heterocycles. The maximum Gasteiger partial charge on any atom is 0.337 e. The van der Waals surface area contributed by atoms with Crippen LogP contribution in [0.15, 0.2) is 12.3 Å². The fraction of sp³-hybridized carbons (Fsp3) is 0.400. The van der Waals surface area contributed by atoms with Crippen LogP contribution in [0.4, 0.5) is 11.5 Å². The molecule has 0 atom stereocenters. The van der Waals surface area contributed by atoms with Crippen LogP contribution >= 0.6 is 0 Å². The molecule has 0 saturated carbocycles. The fourth-order valence-corrected chi connectivity index (χ4v) is 1.39. The predicted octanol–water partition coefficient (Wildman–Crippen LogP) is 1.21. The van der Waals surface area contributed by atoms with Gasteiger partial charge in [0.25, 0.3) is 0 Å². The summed E-state index contributed by atoms with van der Waals surface area (Å²) in [7, 11) is 1.84. The summed E-state index contributed by atoms with van der Waals surface area (Å²) >= 11 is 0. The number of aromatic carboxylic acids is 1. The Morgan fingerprint density at radius 1 is 1.67 bits per heavy atom. The Balaban J connectivity index is 3.09. The third-order valence-electron chi connectivity index (χ3n) is 2.12. The SMILES string of the molecule is CCCN(C)c1nccc(C(=O)O)c1N. The lowest BCUT2D eigenvalue weighted by atomic mass is 10.2. The lowest BCUT2D eigenvalue weighted by molar-refractivity contribution is 0.0698. The molecule has 0 bridgehead atoms. The van der Waals surface area contributed by atoms with Crippen molar-refractivity contribution in [1.82, 2.24) is 4.98 Å². The van der Waals surface area contributed by atoms with E-state index in [0.717, 1.165) is 13.0 Å². The lowest BCUT2D eigenvalue weighted by Crippen LogP contribution is -2.21. The van der Waals surface area contributed by atoms with Crippen LogP contribution < -0.4 is 10.6 Å². The molecular formula is C10H15N3O2. The van der Waals surface area contributed by atoms with Crippen LogP contribution in [0.25, 0.3) is 0 Å². The summed E-state index contributed by atoms with van der Waals surface area (Å²) in [5.74, 6) is -0.502. The standard InChI is InChI=1S/C10H15N3O2/c1-3-6-13(2)9-8(11)7(10(14)15)4-5-12-9/h4-5H,3,6,11H2,1-2H3,(H,14,15). The number of nitrogens with two attached hydrogens (primary N) is 1. The number of carbonyl (C=O) groups is 1. The van der Waals surface area contributed by atoms with Gasteiger partial charge in [-0.25, -0.2) is 9.78 Å². The number of nitrogen functional groups attached to an aromatic ring is 1. The van der Waals surface area contributed by atoms with Gasteiger partial charge in [0.1, 0.15) is 0 Å². The van der Waals surface area contributed by atoms with Crippen LogP contribution in [-0.2, 0) is 0 Å². The van der Waals surface area contributed by atoms with Crippen molar-refractivity contribution in [3.05, 3.63) is 17.8 Å². The number of nitrogens with zero attached hydrogens (tertiary/aromatic N) is 2. The fourth-order valence-electron chi connectivity index (χ4n) is 1.39. The van der Waals surface area contributed by atoms with Gasteiger partial charge in [0.05, 0.1) is 11.3 Å². The molecule has 0 radical (unpaired) electrons. The first-order chi connectivity index (χ1) is 7.07. The first kappa shape index (κ1) is 11.3. The van der Waals surface area contributed by atoms with Crippen LogP contribution in [0.3, 0.4) is 0 Å². The lowest BCUT2D eigenvalue weighted by Gasteiger charge is -2.19. The molecule has 0 aliphatic rings. The molecule has 1 rings (SSSR count). The van der Waals surface area contributed by atoms with Crippen molar-refractivity contribution < 1.29 is 9.90 Å². The van der Waals surface area contributed by atoms with E-state index in [0.29, 0.717) is 5.82 Å². The third-order valence-corrected chi connectivity index (χ3v) is 2.12. The van der Waals surface area contributed by atoms with Crippen molar-refractivity contribution in [2.45, 2.75) is 13.3 Å². The normalized spacial score (nSPS) is 10.0. The molecule has 0 fully saturated rings. The van der Waals surface area contributed by atoms with Crippen molar-refractivity contribution in [3.8, 4) is 0 Å². The zero-order valence-electron chi connectivity index (χ0n) is 8.90. The van der Waals surface area contributed by atoms with Crippen molar-refractivity contribution in [1.29, 1.82) is 0 Å². The highest BCUT2D eigenvalue weighted by atomic mass is 16.4. The third kappa shape index (κ3) is 2.37. The second-order valence-electron chi connectivity index (χ2n) is 3.32. The van der Waals surface area contributed by atoms with Gasteiger partial charge in [-0.1, -0.05) is 6.92 Å². The molecule has 82 valence electrons. The topological polar surface area (TPSA) is 79.5 Å². The molecule has 0 aliphatic carbocycles. The van der Waals surface area contributed by atoms with Gasteiger partial charge in [-0.3, -0.25) is 0 Å². The second-order valence-corrected chi connectivity index (χ2v) is 3.32. The molecule has 5 nitrogen and oxygen atoms in total. The number of hydrogen-bond donors (Lipinski definition) is 2. The van der Waals surface area contributed by atoms with E-state index >= 15 is 0 Å². The van der Waals surface area contributed by atoms with Crippen LogP contribution in [0, 0.1) is 0 Å². The molecule has 0 unspecified atom stereocenters. The van der Waals surface area contributed by atoms with Gasteiger partial charge >= 0.3 is 5.97 Å². The molecule has 0 amide bonds. The highest BCUT2D eigenvalue weighted by Crippen LogP contribution is 2.22. The molecule has 0 spiro atoms. The van der Waals surface area contributed by atoms with Gasteiger partial charge in [0.2, 0.25) is 0 Å². The maximum atomic E-state index is 10.8. The molecule has 1 aromatic rings. The van der Waals surface area contributed by atoms with Gasteiger partial charge in [-0.2, -0.15) is 0 Å². The number of carboxylic acid groups (broad SMARTS) is 1. The summed E-state index contributed by atoms with van der Waals surface area (Å²) < 4.78 is 0. The smallest absolute Gasteiger partial charge is 0.337 e. The van der Waals surface area contributed by atoms with Gasteiger partial charge in [0.15, 0.2) is 5.82 Å². The van der Waals surface area contributed by atoms with Gasteiger partial charge in [0, 0.05) is 19.8 Å². The van der Waals surface area contributed by atoms with Crippen LogP contribution in [-0.4, -0.2) is 29.7 Å². The Kier molecular flexibility index (Phi) is 3.49. The van der Waals surface area contributed by atoms with E-state index in [1.54, 1.807) is 0 Å². The van der Waals surface area contributed by atoms with E-state index in [2.05, 4.69) is 4.98 Å². The summed E-state index contributed by atoms with van der Waals surface area (Å²) in [5.41, 5.74) is 6.05. The average Bonchev–Trinajstić information content (AvgIpc) is 2.17. The summed E-state index contributed by atoms with van der Waals surface area (Å²) in [6.07, 6.45) is 2.41. The van der Waals surface area contributed by atoms with Crippen LogP contribution in [0.5, 0.6) is 0 Å². The Labute approximate surface area is 88.5 Å². The van der Waals surface area contributed by atoms with Gasteiger partial charge < -0.3 is 15.7 Å². The first-order valence-electron chi connectivity index (χ1n) is 4.76. The zero-order valence-corrected chi connectivity index (χ0v) is 8.90. The Morgan fingerprint density at radius 3 is 2.87 bits per heavy atom. The minimum atomic E-state index is -1.03. The van der Waals surface area contributed by atoms with Crippen molar-refractivity contribution in [2.75, 3.05) is 24.2 Å². The van der Waals surface area contributed by atoms with Crippen molar-refractivity contribution in [2.24, 2.45) is 0 Å².